The number of halogens is 1. The standard InChI is InChI=1S/C16H23BrO/c1-4-5-6-7-8-13-9-11-14(12-10-13)15(18)16(2,3)17/h9-12H,4-8H2,1-3H3. The lowest BCUT2D eigenvalue weighted by atomic mass is 9.98. The van der Waals surface area contributed by atoms with E-state index in [9.17, 15) is 4.79 Å². The van der Waals surface area contributed by atoms with Crippen LogP contribution in [0.2, 0.25) is 0 Å². The first kappa shape index (κ1) is 15.4. The maximum absolute atomic E-state index is 12.0. The number of hydrogen-bond acceptors (Lipinski definition) is 1. The molecule has 1 rings (SSSR count). The molecule has 0 bridgehead atoms. The number of carbonyl (C=O) groups excluding carboxylic acids is 1. The lowest BCUT2D eigenvalue weighted by Gasteiger charge is -2.14. The molecule has 0 aliphatic rings. The van der Waals surface area contributed by atoms with Crippen LogP contribution in [0.25, 0.3) is 0 Å². The number of unbranched alkanes of at least 4 members (excludes halogenated alkanes) is 3. The molecule has 0 N–H and O–H groups in total. The van der Waals surface area contributed by atoms with Crippen molar-refractivity contribution in [2.75, 3.05) is 0 Å². The molecule has 18 heavy (non-hydrogen) atoms. The highest BCUT2D eigenvalue weighted by atomic mass is 79.9. The number of aryl methyl sites for hydroxylation is 1. The molecule has 1 aromatic rings. The van der Waals surface area contributed by atoms with E-state index in [0.29, 0.717) is 0 Å². The third-order valence-electron chi connectivity index (χ3n) is 3.08. The van der Waals surface area contributed by atoms with Crippen LogP contribution in [-0.2, 0) is 6.42 Å². The van der Waals surface area contributed by atoms with Gasteiger partial charge in [-0.05, 0) is 32.3 Å². The summed E-state index contributed by atoms with van der Waals surface area (Å²) < 4.78 is -0.477. The van der Waals surface area contributed by atoms with E-state index in [1.165, 1.54) is 31.2 Å². The Morgan fingerprint density at radius 3 is 2.22 bits per heavy atom. The number of benzene rings is 1. The van der Waals surface area contributed by atoms with Crippen LogP contribution in [0.15, 0.2) is 24.3 Å². The Balaban J connectivity index is 2.55. The van der Waals surface area contributed by atoms with E-state index in [-0.39, 0.29) is 5.78 Å². The molecule has 0 aliphatic carbocycles. The van der Waals surface area contributed by atoms with Crippen LogP contribution in [0, 0.1) is 0 Å². The summed E-state index contributed by atoms with van der Waals surface area (Å²) in [5, 5.41) is 0. The van der Waals surface area contributed by atoms with E-state index in [0.717, 1.165) is 12.0 Å². The van der Waals surface area contributed by atoms with E-state index in [1.54, 1.807) is 0 Å². The first-order chi connectivity index (χ1) is 8.45. The second-order valence-electron chi connectivity index (χ2n) is 5.31. The molecule has 0 amide bonds. The summed E-state index contributed by atoms with van der Waals surface area (Å²) in [6, 6.07) is 8.05. The number of Topliss-reactive ketones (excluding diaryl/α,β-unsaturated/α-hetero) is 1. The molecular formula is C16H23BrO. The van der Waals surface area contributed by atoms with Gasteiger partial charge in [0.25, 0.3) is 0 Å². The molecule has 1 nitrogen and oxygen atoms in total. The van der Waals surface area contributed by atoms with Gasteiger partial charge in [-0.2, -0.15) is 0 Å². The summed E-state index contributed by atoms with van der Waals surface area (Å²) in [4.78, 5) is 12.0. The average Bonchev–Trinajstić information content (AvgIpc) is 2.33. The number of hydrogen-bond donors (Lipinski definition) is 0. The van der Waals surface area contributed by atoms with Gasteiger partial charge in [0.15, 0.2) is 5.78 Å². The monoisotopic (exact) mass is 310 g/mol. The minimum Gasteiger partial charge on any atom is -0.293 e. The van der Waals surface area contributed by atoms with E-state index in [2.05, 4.69) is 35.0 Å². The number of ketones is 1. The van der Waals surface area contributed by atoms with E-state index >= 15 is 0 Å². The maximum Gasteiger partial charge on any atom is 0.178 e. The van der Waals surface area contributed by atoms with Crippen molar-refractivity contribution in [2.24, 2.45) is 0 Å². The van der Waals surface area contributed by atoms with Crippen LogP contribution in [-0.4, -0.2) is 10.1 Å². The Labute approximate surface area is 119 Å². The molecule has 0 spiro atoms. The zero-order chi connectivity index (χ0) is 13.6. The zero-order valence-electron chi connectivity index (χ0n) is 11.6. The molecule has 0 saturated heterocycles. The highest BCUT2D eigenvalue weighted by Crippen LogP contribution is 2.22. The van der Waals surface area contributed by atoms with Crippen molar-refractivity contribution in [2.45, 2.75) is 57.2 Å². The predicted molar refractivity (Wildman–Crippen MR) is 81.6 cm³/mol. The number of alkyl halides is 1. The highest BCUT2D eigenvalue weighted by molar-refractivity contribution is 9.10. The predicted octanol–water partition coefficient (Wildman–Crippen LogP) is 5.17. The van der Waals surface area contributed by atoms with Crippen molar-refractivity contribution in [3.8, 4) is 0 Å². The minimum atomic E-state index is -0.477. The fourth-order valence-electron chi connectivity index (χ4n) is 1.92. The Morgan fingerprint density at radius 2 is 1.72 bits per heavy atom. The van der Waals surface area contributed by atoms with Crippen molar-refractivity contribution in [3.05, 3.63) is 35.4 Å². The van der Waals surface area contributed by atoms with Gasteiger partial charge in [0.05, 0.1) is 4.32 Å². The van der Waals surface area contributed by atoms with E-state index < -0.39 is 4.32 Å². The number of carbonyl (C=O) groups is 1. The lowest BCUT2D eigenvalue weighted by Crippen LogP contribution is -2.23. The van der Waals surface area contributed by atoms with Crippen LogP contribution in [0.5, 0.6) is 0 Å². The van der Waals surface area contributed by atoms with Crippen molar-refractivity contribution in [1.82, 2.24) is 0 Å². The fourth-order valence-corrected chi connectivity index (χ4v) is 2.15. The molecular weight excluding hydrogens is 288 g/mol. The third kappa shape index (κ3) is 4.93. The second kappa shape index (κ2) is 7.08. The second-order valence-corrected chi connectivity index (χ2v) is 7.29. The Bertz CT molecular complexity index is 373. The van der Waals surface area contributed by atoms with E-state index in [1.807, 2.05) is 26.0 Å². The van der Waals surface area contributed by atoms with Gasteiger partial charge < -0.3 is 0 Å². The molecule has 0 aliphatic heterocycles. The number of rotatable bonds is 7. The molecule has 0 saturated carbocycles. The van der Waals surface area contributed by atoms with Crippen molar-refractivity contribution >= 4 is 21.7 Å². The highest BCUT2D eigenvalue weighted by Gasteiger charge is 2.24. The van der Waals surface area contributed by atoms with Gasteiger partial charge in [-0.3, -0.25) is 4.79 Å². The summed E-state index contributed by atoms with van der Waals surface area (Å²) in [5.74, 6) is 0.139. The van der Waals surface area contributed by atoms with Crippen molar-refractivity contribution < 1.29 is 4.79 Å². The average molecular weight is 311 g/mol. The molecule has 2 heteroatoms. The summed E-state index contributed by atoms with van der Waals surface area (Å²) in [5.41, 5.74) is 2.12. The third-order valence-corrected chi connectivity index (χ3v) is 3.44. The Hall–Kier alpha value is -0.630. The van der Waals surface area contributed by atoms with Crippen LogP contribution < -0.4 is 0 Å². The summed E-state index contributed by atoms with van der Waals surface area (Å²) in [6.07, 6.45) is 6.24. The maximum atomic E-state index is 12.0. The molecule has 0 radical (unpaired) electrons. The Kier molecular flexibility index (Phi) is 6.07. The lowest BCUT2D eigenvalue weighted by molar-refractivity contribution is 0.0961. The Morgan fingerprint density at radius 1 is 1.11 bits per heavy atom. The normalized spacial score (nSPS) is 11.6. The van der Waals surface area contributed by atoms with Crippen LogP contribution >= 0.6 is 15.9 Å². The summed E-state index contributed by atoms with van der Waals surface area (Å²) >= 11 is 3.41. The molecule has 0 unspecified atom stereocenters. The zero-order valence-corrected chi connectivity index (χ0v) is 13.2. The SMILES string of the molecule is CCCCCCc1ccc(C(=O)C(C)(C)Br)cc1. The van der Waals surface area contributed by atoms with Gasteiger partial charge >= 0.3 is 0 Å². The first-order valence-electron chi connectivity index (χ1n) is 6.78. The smallest absolute Gasteiger partial charge is 0.178 e. The summed E-state index contributed by atoms with van der Waals surface area (Å²) in [6.45, 7) is 5.99. The van der Waals surface area contributed by atoms with Gasteiger partial charge in [0.1, 0.15) is 0 Å². The molecule has 0 atom stereocenters. The molecule has 100 valence electrons. The van der Waals surface area contributed by atoms with Crippen molar-refractivity contribution in [3.63, 3.8) is 0 Å². The molecule has 0 aromatic heterocycles. The molecule has 0 fully saturated rings. The van der Waals surface area contributed by atoms with Gasteiger partial charge in [-0.25, -0.2) is 0 Å². The van der Waals surface area contributed by atoms with E-state index in [4.69, 9.17) is 0 Å². The molecule has 0 heterocycles. The van der Waals surface area contributed by atoms with Gasteiger partial charge in [0, 0.05) is 5.56 Å². The van der Waals surface area contributed by atoms with Gasteiger partial charge in [-0.1, -0.05) is 66.4 Å². The van der Waals surface area contributed by atoms with Crippen LogP contribution in [0.4, 0.5) is 0 Å². The molecule has 1 aromatic carbocycles. The van der Waals surface area contributed by atoms with Gasteiger partial charge in [0.2, 0.25) is 0 Å². The largest absolute Gasteiger partial charge is 0.293 e. The van der Waals surface area contributed by atoms with Gasteiger partial charge in [-0.15, -0.1) is 0 Å². The van der Waals surface area contributed by atoms with Crippen LogP contribution in [0.1, 0.15) is 62.4 Å². The van der Waals surface area contributed by atoms with Crippen LogP contribution in [0.3, 0.4) is 0 Å². The van der Waals surface area contributed by atoms with Crippen molar-refractivity contribution in [1.29, 1.82) is 0 Å². The first-order valence-corrected chi connectivity index (χ1v) is 7.57. The quantitative estimate of drug-likeness (QED) is 0.386. The topological polar surface area (TPSA) is 17.1 Å². The minimum absolute atomic E-state index is 0.139. The fraction of sp³-hybridized carbons (Fsp3) is 0.562. The summed E-state index contributed by atoms with van der Waals surface area (Å²) in [7, 11) is 0.